The molecule has 108 valence electrons. The SMILES string of the molecule is COc1c(CNCC2CN(C)CCO2)c(C)nn1C. The molecule has 1 aromatic heterocycles. The predicted molar refractivity (Wildman–Crippen MR) is 73.4 cm³/mol. The Balaban J connectivity index is 1.85. The van der Waals surface area contributed by atoms with Gasteiger partial charge in [-0.15, -0.1) is 0 Å². The third-order valence-corrected chi connectivity index (χ3v) is 3.50. The summed E-state index contributed by atoms with van der Waals surface area (Å²) < 4.78 is 12.9. The normalized spacial score (nSPS) is 20.7. The highest BCUT2D eigenvalue weighted by atomic mass is 16.5. The van der Waals surface area contributed by atoms with Gasteiger partial charge in [0.15, 0.2) is 0 Å². The summed E-state index contributed by atoms with van der Waals surface area (Å²) in [6, 6.07) is 0. The number of hydrogen-bond acceptors (Lipinski definition) is 5. The van der Waals surface area contributed by atoms with E-state index < -0.39 is 0 Å². The second-order valence-electron chi connectivity index (χ2n) is 5.08. The predicted octanol–water partition coefficient (Wildman–Crippen LogP) is 0.157. The van der Waals surface area contributed by atoms with Gasteiger partial charge in [0.1, 0.15) is 0 Å². The molecule has 0 saturated carbocycles. The fourth-order valence-electron chi connectivity index (χ4n) is 2.49. The fourth-order valence-corrected chi connectivity index (χ4v) is 2.49. The molecule has 0 radical (unpaired) electrons. The zero-order chi connectivity index (χ0) is 13.8. The van der Waals surface area contributed by atoms with Crippen LogP contribution in [-0.2, 0) is 18.3 Å². The van der Waals surface area contributed by atoms with E-state index in [1.165, 1.54) is 0 Å². The molecule has 6 heteroatoms. The Labute approximate surface area is 114 Å². The van der Waals surface area contributed by atoms with Crippen molar-refractivity contribution >= 4 is 0 Å². The largest absolute Gasteiger partial charge is 0.481 e. The van der Waals surface area contributed by atoms with Gasteiger partial charge in [0.05, 0.1) is 31.1 Å². The number of ether oxygens (including phenoxy) is 2. The average Bonchev–Trinajstić information content (AvgIpc) is 2.64. The van der Waals surface area contributed by atoms with Gasteiger partial charge >= 0.3 is 0 Å². The number of methoxy groups -OCH3 is 1. The van der Waals surface area contributed by atoms with Gasteiger partial charge in [-0.2, -0.15) is 5.10 Å². The van der Waals surface area contributed by atoms with Crippen LogP contribution >= 0.6 is 0 Å². The van der Waals surface area contributed by atoms with Crippen LogP contribution in [0, 0.1) is 6.92 Å². The summed E-state index contributed by atoms with van der Waals surface area (Å²) in [5.74, 6) is 0.826. The van der Waals surface area contributed by atoms with E-state index in [2.05, 4.69) is 22.4 Å². The van der Waals surface area contributed by atoms with Crippen molar-refractivity contribution in [2.45, 2.75) is 19.6 Å². The molecule has 1 aliphatic rings. The smallest absolute Gasteiger partial charge is 0.216 e. The maximum atomic E-state index is 5.72. The molecule has 0 spiro atoms. The van der Waals surface area contributed by atoms with Crippen LogP contribution in [0.25, 0.3) is 0 Å². The van der Waals surface area contributed by atoms with Gasteiger partial charge in [0, 0.05) is 33.2 Å². The van der Waals surface area contributed by atoms with Crippen LogP contribution in [0.2, 0.25) is 0 Å². The van der Waals surface area contributed by atoms with Crippen LogP contribution < -0.4 is 10.1 Å². The minimum absolute atomic E-state index is 0.265. The summed E-state index contributed by atoms with van der Waals surface area (Å²) in [7, 11) is 5.71. The van der Waals surface area contributed by atoms with Gasteiger partial charge < -0.3 is 19.7 Å². The molecule has 1 aliphatic heterocycles. The van der Waals surface area contributed by atoms with Crippen molar-refractivity contribution in [3.63, 3.8) is 0 Å². The molecule has 19 heavy (non-hydrogen) atoms. The van der Waals surface area contributed by atoms with Crippen molar-refractivity contribution < 1.29 is 9.47 Å². The van der Waals surface area contributed by atoms with Crippen LogP contribution in [0.15, 0.2) is 0 Å². The summed E-state index contributed by atoms with van der Waals surface area (Å²) in [5, 5.41) is 7.81. The molecule has 1 N–H and O–H groups in total. The van der Waals surface area contributed by atoms with E-state index in [9.17, 15) is 0 Å². The fraction of sp³-hybridized carbons (Fsp3) is 0.769. The van der Waals surface area contributed by atoms with Crippen LogP contribution in [0.3, 0.4) is 0 Å². The first-order valence-electron chi connectivity index (χ1n) is 6.69. The number of likely N-dealkylation sites (N-methyl/N-ethyl adjacent to an activating group) is 1. The maximum absolute atomic E-state index is 5.72. The Morgan fingerprint density at radius 1 is 1.47 bits per heavy atom. The second kappa shape index (κ2) is 6.36. The highest BCUT2D eigenvalue weighted by molar-refractivity contribution is 5.30. The molecule has 1 saturated heterocycles. The first-order chi connectivity index (χ1) is 9.11. The summed E-state index contributed by atoms with van der Waals surface area (Å²) in [6.45, 7) is 6.43. The van der Waals surface area contributed by atoms with Gasteiger partial charge in [0.25, 0.3) is 0 Å². The van der Waals surface area contributed by atoms with Crippen LogP contribution in [0.1, 0.15) is 11.3 Å². The minimum Gasteiger partial charge on any atom is -0.481 e. The third kappa shape index (κ3) is 3.46. The number of nitrogens with one attached hydrogen (secondary N) is 1. The molecule has 0 aliphatic carbocycles. The lowest BCUT2D eigenvalue weighted by Gasteiger charge is -2.30. The van der Waals surface area contributed by atoms with E-state index >= 15 is 0 Å². The van der Waals surface area contributed by atoms with E-state index in [1.807, 2.05) is 14.0 Å². The van der Waals surface area contributed by atoms with Crippen molar-refractivity contribution in [1.29, 1.82) is 0 Å². The lowest BCUT2D eigenvalue weighted by atomic mass is 10.2. The van der Waals surface area contributed by atoms with Crippen LogP contribution in [0.5, 0.6) is 5.88 Å². The Bertz CT molecular complexity index is 419. The number of aryl methyl sites for hydroxylation is 2. The molecule has 1 atom stereocenters. The standard InChI is InChI=1S/C13H24N4O2/c1-10-12(13(18-4)17(3)15-10)8-14-7-11-9-16(2)5-6-19-11/h11,14H,5-9H2,1-4H3. The monoisotopic (exact) mass is 268 g/mol. The highest BCUT2D eigenvalue weighted by Crippen LogP contribution is 2.20. The van der Waals surface area contributed by atoms with E-state index in [1.54, 1.807) is 11.8 Å². The van der Waals surface area contributed by atoms with Crippen LogP contribution in [-0.4, -0.2) is 61.2 Å². The zero-order valence-corrected chi connectivity index (χ0v) is 12.3. The number of aromatic nitrogens is 2. The first-order valence-corrected chi connectivity index (χ1v) is 6.69. The minimum atomic E-state index is 0.265. The number of nitrogens with zero attached hydrogens (tertiary/aromatic N) is 3. The third-order valence-electron chi connectivity index (χ3n) is 3.50. The average molecular weight is 268 g/mol. The molecule has 6 nitrogen and oxygen atoms in total. The van der Waals surface area contributed by atoms with Crippen molar-refractivity contribution in [1.82, 2.24) is 20.0 Å². The van der Waals surface area contributed by atoms with Gasteiger partial charge in [-0.25, -0.2) is 4.68 Å². The Morgan fingerprint density at radius 3 is 2.95 bits per heavy atom. The topological polar surface area (TPSA) is 51.6 Å². The van der Waals surface area contributed by atoms with Crippen molar-refractivity contribution in [3.8, 4) is 5.88 Å². The molecule has 0 bridgehead atoms. The van der Waals surface area contributed by atoms with E-state index in [0.29, 0.717) is 0 Å². The summed E-state index contributed by atoms with van der Waals surface area (Å²) >= 11 is 0. The maximum Gasteiger partial charge on any atom is 0.216 e. The first kappa shape index (κ1) is 14.3. The molecule has 1 unspecified atom stereocenters. The van der Waals surface area contributed by atoms with Gasteiger partial charge in [-0.3, -0.25) is 0 Å². The number of hydrogen-bond donors (Lipinski definition) is 1. The van der Waals surface area contributed by atoms with E-state index in [-0.39, 0.29) is 6.10 Å². The van der Waals surface area contributed by atoms with Crippen molar-refractivity contribution in [3.05, 3.63) is 11.3 Å². The zero-order valence-electron chi connectivity index (χ0n) is 12.3. The Morgan fingerprint density at radius 2 is 2.26 bits per heavy atom. The molecule has 2 rings (SSSR count). The quantitative estimate of drug-likeness (QED) is 0.824. The van der Waals surface area contributed by atoms with Gasteiger partial charge in [-0.05, 0) is 14.0 Å². The molecule has 0 amide bonds. The molecule has 1 fully saturated rings. The van der Waals surface area contributed by atoms with Crippen LogP contribution in [0.4, 0.5) is 0 Å². The molecule has 2 heterocycles. The lowest BCUT2D eigenvalue weighted by Crippen LogP contribution is -2.44. The molecule has 1 aromatic rings. The second-order valence-corrected chi connectivity index (χ2v) is 5.08. The molecular weight excluding hydrogens is 244 g/mol. The Hall–Kier alpha value is -1.11. The van der Waals surface area contributed by atoms with Crippen molar-refractivity contribution in [2.24, 2.45) is 7.05 Å². The van der Waals surface area contributed by atoms with Gasteiger partial charge in [0.2, 0.25) is 5.88 Å². The number of morpholine rings is 1. The van der Waals surface area contributed by atoms with E-state index in [0.717, 1.165) is 49.9 Å². The molecular formula is C13H24N4O2. The van der Waals surface area contributed by atoms with Gasteiger partial charge in [-0.1, -0.05) is 0 Å². The van der Waals surface area contributed by atoms with E-state index in [4.69, 9.17) is 9.47 Å². The number of rotatable bonds is 5. The van der Waals surface area contributed by atoms with Crippen molar-refractivity contribution in [2.75, 3.05) is 40.4 Å². The summed E-state index contributed by atoms with van der Waals surface area (Å²) in [5.41, 5.74) is 2.13. The molecule has 0 aromatic carbocycles. The summed E-state index contributed by atoms with van der Waals surface area (Å²) in [6.07, 6.45) is 0.265. The highest BCUT2D eigenvalue weighted by Gasteiger charge is 2.18. The lowest BCUT2D eigenvalue weighted by molar-refractivity contribution is -0.0182. The summed E-state index contributed by atoms with van der Waals surface area (Å²) in [4.78, 5) is 2.30. The Kier molecular flexibility index (Phi) is 4.79.